The molecule has 0 aliphatic carbocycles. The molecule has 1 atom stereocenters. The highest BCUT2D eigenvalue weighted by Crippen LogP contribution is 2.17. The summed E-state index contributed by atoms with van der Waals surface area (Å²) in [6.45, 7) is 1.37. The highest BCUT2D eigenvalue weighted by atomic mass is 35.5. The molecule has 1 heterocycles. The Balaban J connectivity index is 2.98. The number of nitrogens with zero attached hydrogens (tertiary/aromatic N) is 1. The second-order valence-corrected chi connectivity index (χ2v) is 5.20. The van der Waals surface area contributed by atoms with E-state index in [1.54, 1.807) is 0 Å². The molecule has 0 radical (unpaired) electrons. The molecule has 94 valence electrons. The number of hydrogen-bond acceptors (Lipinski definition) is 5. The highest BCUT2D eigenvalue weighted by molar-refractivity contribution is 7.89. The third-order valence-corrected chi connectivity index (χ3v) is 3.89. The maximum absolute atomic E-state index is 11.8. The molecular weight excluding hydrogens is 268 g/mol. The molecule has 1 unspecified atom stereocenters. The van der Waals surface area contributed by atoms with E-state index in [2.05, 4.69) is 14.4 Å². The molecule has 0 bridgehead atoms. The van der Waals surface area contributed by atoms with E-state index in [-0.39, 0.29) is 10.0 Å². The molecule has 0 aliphatic rings. The Kier molecular flexibility index (Phi) is 4.44. The summed E-state index contributed by atoms with van der Waals surface area (Å²) in [4.78, 5) is 14.6. The van der Waals surface area contributed by atoms with Crippen molar-refractivity contribution in [1.82, 2.24) is 9.71 Å². The number of ether oxygens (including phenoxy) is 1. The fraction of sp³-hybridized carbons (Fsp3) is 0.333. The second kappa shape index (κ2) is 5.44. The van der Waals surface area contributed by atoms with E-state index < -0.39 is 22.0 Å². The van der Waals surface area contributed by atoms with Crippen LogP contribution in [0.3, 0.4) is 0 Å². The topological polar surface area (TPSA) is 85.4 Å². The van der Waals surface area contributed by atoms with Crippen molar-refractivity contribution >= 4 is 27.6 Å². The molecule has 0 aliphatic heterocycles. The van der Waals surface area contributed by atoms with Crippen molar-refractivity contribution in [3.05, 3.63) is 23.5 Å². The first-order chi connectivity index (χ1) is 7.88. The zero-order valence-electron chi connectivity index (χ0n) is 9.18. The molecule has 1 aromatic heterocycles. The van der Waals surface area contributed by atoms with Gasteiger partial charge in [0.05, 0.1) is 7.11 Å². The maximum Gasteiger partial charge on any atom is 0.323 e. The molecule has 0 fully saturated rings. The van der Waals surface area contributed by atoms with Crippen LogP contribution in [0.25, 0.3) is 0 Å². The van der Waals surface area contributed by atoms with Gasteiger partial charge in [-0.2, -0.15) is 4.72 Å². The number of carbonyl (C=O) groups excluding carboxylic acids is 1. The highest BCUT2D eigenvalue weighted by Gasteiger charge is 2.24. The van der Waals surface area contributed by atoms with Gasteiger partial charge in [-0.3, -0.25) is 4.79 Å². The van der Waals surface area contributed by atoms with Crippen LogP contribution in [0.15, 0.2) is 23.2 Å². The molecule has 0 saturated heterocycles. The van der Waals surface area contributed by atoms with Crippen LogP contribution in [0.1, 0.15) is 6.92 Å². The quantitative estimate of drug-likeness (QED) is 0.643. The fourth-order valence-electron chi connectivity index (χ4n) is 1.09. The number of hydrogen-bond donors (Lipinski definition) is 1. The van der Waals surface area contributed by atoms with E-state index in [1.165, 1.54) is 32.4 Å². The van der Waals surface area contributed by atoms with E-state index in [9.17, 15) is 13.2 Å². The van der Waals surface area contributed by atoms with Crippen molar-refractivity contribution < 1.29 is 17.9 Å². The number of halogens is 1. The van der Waals surface area contributed by atoms with Crippen LogP contribution in [-0.2, 0) is 19.6 Å². The number of nitrogens with one attached hydrogen (secondary N) is 1. The van der Waals surface area contributed by atoms with Crippen LogP contribution in [0, 0.1) is 0 Å². The van der Waals surface area contributed by atoms with Crippen molar-refractivity contribution in [3.8, 4) is 0 Å². The molecule has 0 spiro atoms. The molecule has 1 N–H and O–H groups in total. The standard InChI is InChI=1S/C9H11ClN2O4S/c1-6(9(13)16-2)12-17(14,15)7-4-3-5-11-8(7)10/h3-6,12H,1-2H3. The van der Waals surface area contributed by atoms with Gasteiger partial charge in [0.15, 0.2) is 0 Å². The minimum absolute atomic E-state index is 0.155. The molecule has 8 heteroatoms. The van der Waals surface area contributed by atoms with Gasteiger partial charge in [-0.25, -0.2) is 13.4 Å². The summed E-state index contributed by atoms with van der Waals surface area (Å²) in [5.41, 5.74) is 0. The maximum atomic E-state index is 11.8. The van der Waals surface area contributed by atoms with Gasteiger partial charge in [-0.1, -0.05) is 11.6 Å². The van der Waals surface area contributed by atoms with E-state index in [0.717, 1.165) is 0 Å². The zero-order valence-corrected chi connectivity index (χ0v) is 10.7. The molecule has 1 aromatic rings. The van der Waals surface area contributed by atoms with Crippen molar-refractivity contribution in [1.29, 1.82) is 0 Å². The van der Waals surface area contributed by atoms with Crippen LogP contribution < -0.4 is 4.72 Å². The summed E-state index contributed by atoms with van der Waals surface area (Å²) in [5.74, 6) is -0.686. The summed E-state index contributed by atoms with van der Waals surface area (Å²) < 4.78 is 30.2. The zero-order chi connectivity index (χ0) is 13.1. The van der Waals surface area contributed by atoms with Gasteiger partial charge in [0.2, 0.25) is 10.0 Å². The fourth-order valence-corrected chi connectivity index (χ4v) is 2.74. The first kappa shape index (κ1) is 13.9. The molecule has 0 aromatic carbocycles. The third-order valence-electron chi connectivity index (χ3n) is 1.90. The first-order valence-corrected chi connectivity index (χ1v) is 6.45. The normalized spacial score (nSPS) is 13.1. The Bertz CT molecular complexity index is 517. The Morgan fingerprint density at radius 3 is 2.76 bits per heavy atom. The predicted octanol–water partition coefficient (Wildman–Crippen LogP) is 0.575. The Morgan fingerprint density at radius 2 is 2.24 bits per heavy atom. The lowest BCUT2D eigenvalue weighted by atomic mass is 10.4. The van der Waals surface area contributed by atoms with E-state index in [0.29, 0.717) is 0 Å². The van der Waals surface area contributed by atoms with E-state index in [4.69, 9.17) is 11.6 Å². The van der Waals surface area contributed by atoms with Crippen molar-refractivity contribution in [3.63, 3.8) is 0 Å². The smallest absolute Gasteiger partial charge is 0.323 e. The number of sulfonamides is 1. The van der Waals surface area contributed by atoms with Crippen LogP contribution >= 0.6 is 11.6 Å². The molecule has 6 nitrogen and oxygen atoms in total. The van der Waals surface area contributed by atoms with Gasteiger partial charge in [-0.15, -0.1) is 0 Å². The minimum atomic E-state index is -3.89. The molecule has 17 heavy (non-hydrogen) atoms. The molecule has 0 saturated carbocycles. The largest absolute Gasteiger partial charge is 0.468 e. The molecule has 0 amide bonds. The van der Waals surface area contributed by atoms with Gasteiger partial charge < -0.3 is 4.74 Å². The predicted molar refractivity (Wildman–Crippen MR) is 61.0 cm³/mol. The van der Waals surface area contributed by atoms with Crippen molar-refractivity contribution in [2.75, 3.05) is 7.11 Å². The van der Waals surface area contributed by atoms with E-state index >= 15 is 0 Å². The van der Waals surface area contributed by atoms with Gasteiger partial charge in [-0.05, 0) is 19.1 Å². The number of aromatic nitrogens is 1. The van der Waals surface area contributed by atoms with Crippen molar-refractivity contribution in [2.24, 2.45) is 0 Å². The minimum Gasteiger partial charge on any atom is -0.468 e. The van der Waals surface area contributed by atoms with Crippen LogP contribution in [-0.4, -0.2) is 32.5 Å². The first-order valence-electron chi connectivity index (χ1n) is 4.59. The van der Waals surface area contributed by atoms with Crippen LogP contribution in [0.2, 0.25) is 5.15 Å². The summed E-state index contributed by atoms with van der Waals surface area (Å²) in [6.07, 6.45) is 1.37. The summed E-state index contributed by atoms with van der Waals surface area (Å²) in [7, 11) is -2.72. The monoisotopic (exact) mass is 278 g/mol. The van der Waals surface area contributed by atoms with E-state index in [1.807, 2.05) is 0 Å². The Labute approximate surface area is 104 Å². The van der Waals surface area contributed by atoms with Gasteiger partial charge in [0, 0.05) is 6.20 Å². The number of pyridine rings is 1. The average Bonchev–Trinajstić information content (AvgIpc) is 2.27. The number of methoxy groups -OCH3 is 1. The van der Waals surface area contributed by atoms with Gasteiger partial charge in [0.1, 0.15) is 16.1 Å². The Hall–Kier alpha value is -1.18. The lowest BCUT2D eigenvalue weighted by Crippen LogP contribution is -2.39. The third kappa shape index (κ3) is 3.39. The second-order valence-electron chi connectivity index (χ2n) is 3.16. The average molecular weight is 279 g/mol. The van der Waals surface area contributed by atoms with Crippen molar-refractivity contribution in [2.45, 2.75) is 17.9 Å². The number of rotatable bonds is 4. The summed E-state index contributed by atoms with van der Waals surface area (Å²) in [6, 6.07) is 1.73. The SMILES string of the molecule is COC(=O)C(C)NS(=O)(=O)c1cccnc1Cl. The van der Waals surface area contributed by atoms with Gasteiger partial charge in [0.25, 0.3) is 0 Å². The summed E-state index contributed by atoms with van der Waals surface area (Å²) in [5, 5.41) is -0.155. The van der Waals surface area contributed by atoms with Crippen LogP contribution in [0.5, 0.6) is 0 Å². The molecule has 1 rings (SSSR count). The lowest BCUT2D eigenvalue weighted by molar-refractivity contribution is -0.142. The number of esters is 1. The lowest BCUT2D eigenvalue weighted by Gasteiger charge is -2.12. The summed E-state index contributed by atoms with van der Waals surface area (Å²) >= 11 is 5.66. The number of carbonyl (C=O) groups is 1. The van der Waals surface area contributed by atoms with Gasteiger partial charge >= 0.3 is 5.97 Å². The molecular formula is C9H11ClN2O4S. The van der Waals surface area contributed by atoms with Crippen LogP contribution in [0.4, 0.5) is 0 Å². The Morgan fingerprint density at radius 1 is 1.59 bits per heavy atom.